The molecule has 0 spiro atoms. The predicted octanol–water partition coefficient (Wildman–Crippen LogP) is 1.40. The Kier molecular flexibility index (Phi) is 5.11. The Balaban J connectivity index is 0.000000218. The summed E-state index contributed by atoms with van der Waals surface area (Å²) in [7, 11) is -4.41. The first-order valence-corrected chi connectivity index (χ1v) is 7.03. The van der Waals surface area contributed by atoms with Gasteiger partial charge in [-0.2, -0.15) is 0 Å². The fourth-order valence-corrected chi connectivity index (χ4v) is 3.01. The fraction of sp³-hybridized carbons (Fsp3) is 1.00. The number of hydrogen-bond donors (Lipinski definition) is 2. The molecule has 1 aliphatic heterocycles. The zero-order valence-corrected chi connectivity index (χ0v) is 8.22. The highest BCUT2D eigenvalue weighted by Gasteiger charge is 2.19. The molecular formula is C5H13O4P2+. The molecule has 1 heterocycles. The lowest BCUT2D eigenvalue weighted by atomic mass is 10.4. The average molecular weight is 199 g/mol. The Morgan fingerprint density at radius 2 is 1.55 bits per heavy atom. The molecular weight excluding hydrogens is 186 g/mol. The van der Waals surface area contributed by atoms with Crippen LogP contribution in [0.15, 0.2) is 0 Å². The third-order valence-corrected chi connectivity index (χ3v) is 4.04. The van der Waals surface area contributed by atoms with Crippen molar-refractivity contribution in [2.24, 2.45) is 0 Å². The van der Waals surface area contributed by atoms with E-state index in [-0.39, 0.29) is 0 Å². The third-order valence-electron chi connectivity index (χ3n) is 1.51. The van der Waals surface area contributed by atoms with Crippen LogP contribution in [0, 0.1) is 0 Å². The van der Waals surface area contributed by atoms with E-state index in [1.54, 1.807) is 0 Å². The second kappa shape index (κ2) is 5.00. The summed E-state index contributed by atoms with van der Waals surface area (Å²) in [5.74, 6) is 0. The minimum atomic E-state index is -2.87. The quantitative estimate of drug-likeness (QED) is 0.578. The molecule has 1 rings (SSSR count). The van der Waals surface area contributed by atoms with Crippen molar-refractivity contribution in [3.8, 4) is 0 Å². The molecule has 0 amide bonds. The maximum Gasteiger partial charge on any atom is 0.692 e. The van der Waals surface area contributed by atoms with E-state index in [0.717, 1.165) is 12.3 Å². The molecule has 0 bridgehead atoms. The van der Waals surface area contributed by atoms with Crippen LogP contribution in [0.25, 0.3) is 0 Å². The van der Waals surface area contributed by atoms with Gasteiger partial charge in [-0.25, -0.2) is 0 Å². The van der Waals surface area contributed by atoms with Gasteiger partial charge in [0, 0.05) is 16.9 Å². The van der Waals surface area contributed by atoms with Crippen molar-refractivity contribution >= 4 is 15.4 Å². The Labute approximate surface area is 67.0 Å². The molecule has 0 aliphatic carbocycles. The van der Waals surface area contributed by atoms with Crippen molar-refractivity contribution in [2.75, 3.05) is 19.0 Å². The molecule has 0 aromatic rings. The summed E-state index contributed by atoms with van der Waals surface area (Å²) < 4.78 is 19.7. The molecule has 4 nitrogen and oxygen atoms in total. The highest BCUT2D eigenvalue weighted by atomic mass is 31.2. The highest BCUT2D eigenvalue weighted by molar-refractivity contribution is 7.63. The average Bonchev–Trinajstić information content (AvgIpc) is 2.11. The standard InChI is InChI=1S/C5H11OP.HO3P/c1-7(6)4-2-3-5-7;1-4(2)3/h2-5H2,1H3;(H-,1,2,3)/p+1. The van der Waals surface area contributed by atoms with Crippen molar-refractivity contribution < 1.29 is 18.9 Å². The van der Waals surface area contributed by atoms with Gasteiger partial charge in [0.1, 0.15) is 0 Å². The van der Waals surface area contributed by atoms with Gasteiger partial charge in [0.15, 0.2) is 0 Å². The Hall–Kier alpha value is 0.250. The van der Waals surface area contributed by atoms with E-state index in [1.165, 1.54) is 12.8 Å². The molecule has 66 valence electrons. The molecule has 0 saturated carbocycles. The molecule has 1 fully saturated rings. The monoisotopic (exact) mass is 199 g/mol. The lowest BCUT2D eigenvalue weighted by molar-refractivity contribution is 0.405. The number of hydrogen-bond acceptors (Lipinski definition) is 2. The van der Waals surface area contributed by atoms with Crippen LogP contribution in [0.5, 0.6) is 0 Å². The van der Waals surface area contributed by atoms with Gasteiger partial charge in [-0.15, -0.1) is 9.79 Å². The molecule has 1 aliphatic rings. The molecule has 6 heteroatoms. The van der Waals surface area contributed by atoms with E-state index in [1.807, 2.05) is 6.66 Å². The Bertz CT molecular complexity index is 165. The van der Waals surface area contributed by atoms with Crippen LogP contribution in [-0.2, 0) is 9.13 Å². The first-order chi connectivity index (χ1) is 4.94. The van der Waals surface area contributed by atoms with Crippen molar-refractivity contribution in [1.29, 1.82) is 0 Å². The van der Waals surface area contributed by atoms with Crippen LogP contribution in [0.4, 0.5) is 0 Å². The van der Waals surface area contributed by atoms with E-state index in [2.05, 4.69) is 0 Å². The number of rotatable bonds is 0. The summed E-state index contributed by atoms with van der Waals surface area (Å²) in [6, 6.07) is 0. The van der Waals surface area contributed by atoms with Gasteiger partial charge < -0.3 is 4.57 Å². The van der Waals surface area contributed by atoms with Gasteiger partial charge in [-0.1, -0.05) is 0 Å². The summed E-state index contributed by atoms with van der Waals surface area (Å²) in [6.07, 6.45) is 4.42. The zero-order valence-electron chi connectivity index (χ0n) is 6.43. The molecule has 0 unspecified atom stereocenters. The third kappa shape index (κ3) is 8.15. The second-order valence-corrected chi connectivity index (χ2v) is 6.70. The SMILES string of the molecule is CP1(=O)CCCC1.O=[P+](O)O. The lowest BCUT2D eigenvalue weighted by Crippen LogP contribution is -1.75. The molecule has 0 radical (unpaired) electrons. The first-order valence-electron chi connectivity index (χ1n) is 3.34. The molecule has 0 atom stereocenters. The summed E-state index contributed by atoms with van der Waals surface area (Å²) >= 11 is 0. The van der Waals surface area contributed by atoms with Gasteiger partial charge in [-0.05, 0) is 19.5 Å². The Morgan fingerprint density at radius 1 is 1.27 bits per heavy atom. The summed E-state index contributed by atoms with van der Waals surface area (Å²) in [4.78, 5) is 14.2. The van der Waals surface area contributed by atoms with Gasteiger partial charge >= 0.3 is 8.25 Å². The minimum Gasteiger partial charge on any atom is -0.324 e. The highest BCUT2D eigenvalue weighted by Crippen LogP contribution is 2.47. The fourth-order valence-electron chi connectivity index (χ4n) is 1.00. The van der Waals surface area contributed by atoms with Gasteiger partial charge in [-0.3, -0.25) is 0 Å². The van der Waals surface area contributed by atoms with Crippen molar-refractivity contribution in [3.05, 3.63) is 0 Å². The predicted molar refractivity (Wildman–Crippen MR) is 44.5 cm³/mol. The van der Waals surface area contributed by atoms with Crippen LogP contribution in [0.1, 0.15) is 12.8 Å². The molecule has 11 heavy (non-hydrogen) atoms. The van der Waals surface area contributed by atoms with E-state index in [9.17, 15) is 4.57 Å². The van der Waals surface area contributed by atoms with Crippen molar-refractivity contribution in [3.63, 3.8) is 0 Å². The van der Waals surface area contributed by atoms with Gasteiger partial charge in [0.2, 0.25) is 0 Å². The van der Waals surface area contributed by atoms with E-state index < -0.39 is 15.4 Å². The smallest absolute Gasteiger partial charge is 0.324 e. The molecule has 0 aromatic heterocycles. The second-order valence-electron chi connectivity index (χ2n) is 2.70. The largest absolute Gasteiger partial charge is 0.692 e. The van der Waals surface area contributed by atoms with E-state index in [4.69, 9.17) is 14.4 Å². The summed E-state index contributed by atoms with van der Waals surface area (Å²) in [5, 5.41) is 0. The first kappa shape index (κ1) is 11.2. The molecule has 1 saturated heterocycles. The summed E-state index contributed by atoms with van der Waals surface area (Å²) in [5.41, 5.74) is 0. The normalized spacial score (nSPS) is 20.3. The van der Waals surface area contributed by atoms with Gasteiger partial charge in [0.05, 0.1) is 7.14 Å². The minimum absolute atomic E-state index is 1.01. The van der Waals surface area contributed by atoms with Crippen molar-refractivity contribution in [2.45, 2.75) is 12.8 Å². The topological polar surface area (TPSA) is 74.6 Å². The van der Waals surface area contributed by atoms with Crippen LogP contribution in [0.2, 0.25) is 0 Å². The van der Waals surface area contributed by atoms with Crippen LogP contribution in [0.3, 0.4) is 0 Å². The van der Waals surface area contributed by atoms with E-state index >= 15 is 0 Å². The zero-order chi connectivity index (χ0) is 8.91. The van der Waals surface area contributed by atoms with Crippen LogP contribution < -0.4 is 0 Å². The van der Waals surface area contributed by atoms with Gasteiger partial charge in [0.25, 0.3) is 0 Å². The van der Waals surface area contributed by atoms with Crippen LogP contribution >= 0.6 is 15.4 Å². The summed E-state index contributed by atoms with van der Waals surface area (Å²) in [6.45, 7) is 1.92. The Morgan fingerprint density at radius 3 is 1.64 bits per heavy atom. The molecule has 0 aromatic carbocycles. The lowest BCUT2D eigenvalue weighted by Gasteiger charge is -1.96. The maximum atomic E-state index is 11.0. The van der Waals surface area contributed by atoms with Crippen molar-refractivity contribution in [1.82, 2.24) is 0 Å². The molecule has 2 N–H and O–H groups in total. The maximum absolute atomic E-state index is 11.0. The van der Waals surface area contributed by atoms with Crippen LogP contribution in [-0.4, -0.2) is 28.8 Å². The van der Waals surface area contributed by atoms with E-state index in [0.29, 0.717) is 0 Å².